The molecule has 0 bridgehead atoms. The highest BCUT2D eigenvalue weighted by Gasteiger charge is 2.37. The Morgan fingerprint density at radius 2 is 2.00 bits per heavy atom. The Bertz CT molecular complexity index is 313. The van der Waals surface area contributed by atoms with Crippen molar-refractivity contribution in [2.45, 2.75) is 31.6 Å². The Kier molecular flexibility index (Phi) is 3.31. The number of carbonyl (C=O) groups excluding carboxylic acids is 2. The van der Waals surface area contributed by atoms with Crippen molar-refractivity contribution in [3.05, 3.63) is 0 Å². The van der Waals surface area contributed by atoms with Gasteiger partial charge < -0.3 is 10.2 Å². The van der Waals surface area contributed by atoms with Crippen molar-refractivity contribution in [1.29, 1.82) is 0 Å². The van der Waals surface area contributed by atoms with Gasteiger partial charge in [0, 0.05) is 38.9 Å². The van der Waals surface area contributed by atoms with Crippen molar-refractivity contribution in [2.75, 3.05) is 19.6 Å². The smallest absolute Gasteiger partial charge is 0.251 e. The molecule has 0 aromatic carbocycles. The fraction of sp³-hybridized carbons (Fsp3) is 0.818. The van der Waals surface area contributed by atoms with E-state index in [1.807, 2.05) is 0 Å². The predicted molar refractivity (Wildman–Crippen MR) is 56.5 cm³/mol. The first kappa shape index (κ1) is 12.3. The van der Waals surface area contributed by atoms with Gasteiger partial charge in [-0.05, 0) is 6.42 Å². The van der Waals surface area contributed by atoms with Gasteiger partial charge in [-0.1, -0.05) is 0 Å². The van der Waals surface area contributed by atoms with E-state index in [-0.39, 0.29) is 43.7 Å². The number of amides is 2. The lowest BCUT2D eigenvalue weighted by molar-refractivity contribution is -0.142. The molecular weight excluding hydrogens is 230 g/mol. The molecule has 2 amide bonds. The van der Waals surface area contributed by atoms with Crippen LogP contribution < -0.4 is 5.32 Å². The molecule has 2 rings (SSSR count). The normalized spacial score (nSPS) is 28.7. The first-order valence-electron chi connectivity index (χ1n) is 5.91. The van der Waals surface area contributed by atoms with Gasteiger partial charge in [-0.3, -0.25) is 9.59 Å². The lowest BCUT2D eigenvalue weighted by Gasteiger charge is -2.35. The molecule has 0 unspecified atom stereocenters. The van der Waals surface area contributed by atoms with E-state index in [4.69, 9.17) is 0 Å². The molecule has 0 saturated carbocycles. The van der Waals surface area contributed by atoms with Crippen LogP contribution in [0.5, 0.6) is 0 Å². The summed E-state index contributed by atoms with van der Waals surface area (Å²) in [4.78, 5) is 24.5. The SMILES string of the molecule is O=C1CC[C@@H](C(=O)N2CCC(F)(F)CC2)CN1. The lowest BCUT2D eigenvalue weighted by atomic mass is 9.96. The molecule has 2 heterocycles. The average molecular weight is 246 g/mol. The summed E-state index contributed by atoms with van der Waals surface area (Å²) in [5.41, 5.74) is 0. The van der Waals surface area contributed by atoms with Crippen LogP contribution in [0.3, 0.4) is 0 Å². The van der Waals surface area contributed by atoms with Crippen molar-refractivity contribution < 1.29 is 18.4 Å². The summed E-state index contributed by atoms with van der Waals surface area (Å²) >= 11 is 0. The Morgan fingerprint density at radius 3 is 2.53 bits per heavy atom. The summed E-state index contributed by atoms with van der Waals surface area (Å²) in [5, 5.41) is 2.63. The Morgan fingerprint density at radius 1 is 1.35 bits per heavy atom. The molecule has 17 heavy (non-hydrogen) atoms. The third-order valence-corrected chi connectivity index (χ3v) is 3.42. The van der Waals surface area contributed by atoms with E-state index in [0.717, 1.165) is 0 Å². The molecule has 0 radical (unpaired) electrons. The van der Waals surface area contributed by atoms with Gasteiger partial charge >= 0.3 is 0 Å². The molecule has 2 fully saturated rings. The van der Waals surface area contributed by atoms with Crippen molar-refractivity contribution in [3.8, 4) is 0 Å². The number of alkyl halides is 2. The minimum Gasteiger partial charge on any atom is -0.355 e. The number of nitrogens with one attached hydrogen (secondary N) is 1. The highest BCUT2D eigenvalue weighted by Crippen LogP contribution is 2.28. The predicted octanol–water partition coefficient (Wildman–Crippen LogP) is 0.770. The standard InChI is InChI=1S/C11H16F2N2O2/c12-11(13)3-5-15(6-4-11)10(17)8-1-2-9(16)14-7-8/h8H,1-7H2,(H,14,16)/t8-/m1/s1. The van der Waals surface area contributed by atoms with Crippen LogP contribution in [-0.4, -0.2) is 42.3 Å². The topological polar surface area (TPSA) is 49.4 Å². The summed E-state index contributed by atoms with van der Waals surface area (Å²) in [7, 11) is 0. The van der Waals surface area contributed by atoms with Gasteiger partial charge in [-0.15, -0.1) is 0 Å². The molecular formula is C11H16F2N2O2. The zero-order valence-corrected chi connectivity index (χ0v) is 9.55. The third kappa shape index (κ3) is 2.92. The maximum absolute atomic E-state index is 12.9. The van der Waals surface area contributed by atoms with Crippen LogP contribution in [-0.2, 0) is 9.59 Å². The van der Waals surface area contributed by atoms with Crippen LogP contribution >= 0.6 is 0 Å². The Balaban J connectivity index is 1.86. The molecule has 0 aliphatic carbocycles. The highest BCUT2D eigenvalue weighted by atomic mass is 19.3. The molecule has 1 N–H and O–H groups in total. The van der Waals surface area contributed by atoms with Crippen molar-refractivity contribution in [3.63, 3.8) is 0 Å². The molecule has 6 heteroatoms. The van der Waals surface area contributed by atoms with E-state index in [2.05, 4.69) is 5.32 Å². The van der Waals surface area contributed by atoms with Crippen molar-refractivity contribution in [1.82, 2.24) is 10.2 Å². The zero-order chi connectivity index (χ0) is 12.5. The second kappa shape index (κ2) is 4.58. The fourth-order valence-corrected chi connectivity index (χ4v) is 2.26. The van der Waals surface area contributed by atoms with Crippen LogP contribution in [0.15, 0.2) is 0 Å². The molecule has 0 spiro atoms. The molecule has 96 valence electrons. The number of hydrogen-bond acceptors (Lipinski definition) is 2. The van der Waals surface area contributed by atoms with Crippen LogP contribution in [0.25, 0.3) is 0 Å². The Labute approximate surface area is 98.3 Å². The van der Waals surface area contributed by atoms with Crippen LogP contribution in [0.4, 0.5) is 8.78 Å². The maximum atomic E-state index is 12.9. The lowest BCUT2D eigenvalue weighted by Crippen LogP contribution is -2.49. The minimum atomic E-state index is -2.63. The number of likely N-dealkylation sites (tertiary alicyclic amines) is 1. The van der Waals surface area contributed by atoms with Crippen molar-refractivity contribution >= 4 is 11.8 Å². The van der Waals surface area contributed by atoms with E-state index < -0.39 is 5.92 Å². The van der Waals surface area contributed by atoms with Gasteiger partial charge in [0.05, 0.1) is 5.92 Å². The van der Waals surface area contributed by atoms with Crippen LogP contribution in [0, 0.1) is 5.92 Å². The molecule has 1 atom stereocenters. The summed E-state index contributed by atoms with van der Waals surface area (Å²) in [6.45, 7) is 0.580. The molecule has 0 aromatic heterocycles. The summed E-state index contributed by atoms with van der Waals surface area (Å²) in [6.07, 6.45) is 0.369. The van der Waals surface area contributed by atoms with Crippen LogP contribution in [0.1, 0.15) is 25.7 Å². The van der Waals surface area contributed by atoms with Crippen LogP contribution in [0.2, 0.25) is 0 Å². The summed E-state index contributed by atoms with van der Waals surface area (Å²) < 4.78 is 25.9. The van der Waals surface area contributed by atoms with Gasteiger partial charge in [0.2, 0.25) is 11.8 Å². The number of hydrogen-bond donors (Lipinski definition) is 1. The molecule has 0 aromatic rings. The first-order chi connectivity index (χ1) is 7.98. The largest absolute Gasteiger partial charge is 0.355 e. The summed E-state index contributed by atoms with van der Waals surface area (Å²) in [6, 6.07) is 0. The molecule has 2 aliphatic heterocycles. The second-order valence-electron chi connectivity index (χ2n) is 4.72. The van der Waals surface area contributed by atoms with E-state index in [1.54, 1.807) is 0 Å². The number of nitrogens with zero attached hydrogens (tertiary/aromatic N) is 1. The quantitative estimate of drug-likeness (QED) is 0.743. The maximum Gasteiger partial charge on any atom is 0.251 e. The zero-order valence-electron chi connectivity index (χ0n) is 9.55. The van der Waals surface area contributed by atoms with E-state index in [0.29, 0.717) is 19.4 Å². The van der Waals surface area contributed by atoms with Gasteiger partial charge in [0.15, 0.2) is 0 Å². The molecule has 2 aliphatic rings. The number of halogens is 2. The number of rotatable bonds is 1. The first-order valence-corrected chi connectivity index (χ1v) is 5.91. The van der Waals surface area contributed by atoms with Gasteiger partial charge in [-0.2, -0.15) is 0 Å². The monoisotopic (exact) mass is 246 g/mol. The highest BCUT2D eigenvalue weighted by molar-refractivity contribution is 5.83. The van der Waals surface area contributed by atoms with Gasteiger partial charge in [-0.25, -0.2) is 8.78 Å². The minimum absolute atomic E-state index is 0.0424. The fourth-order valence-electron chi connectivity index (χ4n) is 2.26. The van der Waals surface area contributed by atoms with E-state index >= 15 is 0 Å². The van der Waals surface area contributed by atoms with Gasteiger partial charge in [0.1, 0.15) is 0 Å². The second-order valence-corrected chi connectivity index (χ2v) is 4.72. The number of carbonyl (C=O) groups is 2. The van der Waals surface area contributed by atoms with Gasteiger partial charge in [0.25, 0.3) is 5.92 Å². The summed E-state index contributed by atoms with van der Waals surface area (Å²) in [5.74, 6) is -3.00. The van der Waals surface area contributed by atoms with E-state index in [9.17, 15) is 18.4 Å². The third-order valence-electron chi connectivity index (χ3n) is 3.42. The molecule has 2 saturated heterocycles. The molecule has 4 nitrogen and oxygen atoms in total. The van der Waals surface area contributed by atoms with Crippen molar-refractivity contribution in [2.24, 2.45) is 5.92 Å². The van der Waals surface area contributed by atoms with E-state index in [1.165, 1.54) is 4.90 Å². The average Bonchev–Trinajstić information content (AvgIpc) is 2.29. The number of piperidine rings is 2. The Hall–Kier alpha value is -1.20.